The van der Waals surface area contributed by atoms with Crippen molar-refractivity contribution in [2.75, 3.05) is 0 Å². The molecule has 0 unspecified atom stereocenters. The van der Waals surface area contributed by atoms with Crippen LogP contribution in [-0.4, -0.2) is 27.7 Å². The smallest absolute Gasteiger partial charge is 0.232 e. The first-order valence-corrected chi connectivity index (χ1v) is 6.37. The van der Waals surface area contributed by atoms with E-state index in [4.69, 9.17) is 0 Å². The molecule has 1 aliphatic rings. The molecule has 0 aromatic heterocycles. The van der Waals surface area contributed by atoms with E-state index < -0.39 is 31.1 Å². The van der Waals surface area contributed by atoms with E-state index in [2.05, 4.69) is 21.5 Å². The summed E-state index contributed by atoms with van der Waals surface area (Å²) in [6.45, 7) is 6.24. The lowest BCUT2D eigenvalue weighted by Crippen LogP contribution is -2.41. The van der Waals surface area contributed by atoms with Crippen LogP contribution in [0.15, 0.2) is 25.3 Å². The van der Waals surface area contributed by atoms with Gasteiger partial charge in [0, 0.05) is 0 Å². The predicted molar refractivity (Wildman–Crippen MR) is 48.0 cm³/mol. The summed E-state index contributed by atoms with van der Waals surface area (Å²) in [4.78, 5) is 0. The van der Waals surface area contributed by atoms with Crippen LogP contribution in [-0.2, 0) is 28.6 Å². The zero-order valence-corrected chi connectivity index (χ0v) is 8.62. The van der Waals surface area contributed by atoms with Crippen molar-refractivity contribution in [3.63, 3.8) is 0 Å². The fourth-order valence-electron chi connectivity index (χ4n) is 0.849. The van der Waals surface area contributed by atoms with Crippen LogP contribution in [0.5, 0.6) is 0 Å². The molecule has 0 aliphatic carbocycles. The molecule has 1 heterocycles. The number of hydrogen-bond acceptors (Lipinski definition) is 6. The second-order valence-electron chi connectivity index (χ2n) is 2.39. The normalized spacial score (nSPS) is 34.6. The first kappa shape index (κ1) is 11.4. The van der Waals surface area contributed by atoms with E-state index in [1.165, 1.54) is 0 Å². The van der Waals surface area contributed by atoms with Crippen molar-refractivity contribution in [2.45, 2.75) is 10.9 Å². The second kappa shape index (κ2) is 3.46. The highest BCUT2D eigenvalue weighted by Crippen LogP contribution is 2.24. The zero-order chi connectivity index (χ0) is 11.0. The third-order valence-corrected chi connectivity index (χ3v) is 5.26. The molecule has 0 amide bonds. The summed E-state index contributed by atoms with van der Waals surface area (Å²) in [7, 11) is -8.49. The van der Waals surface area contributed by atoms with E-state index in [1.807, 2.05) is 0 Å². The largest absolute Gasteiger partial charge is 0.293 e. The van der Waals surface area contributed by atoms with Crippen molar-refractivity contribution >= 4 is 20.2 Å². The van der Waals surface area contributed by atoms with Gasteiger partial charge >= 0.3 is 0 Å². The molecule has 1 fully saturated rings. The van der Waals surface area contributed by atoms with Gasteiger partial charge < -0.3 is 0 Å². The third kappa shape index (κ3) is 1.87. The molecule has 0 saturated carbocycles. The van der Waals surface area contributed by atoms with Crippen LogP contribution in [0.25, 0.3) is 0 Å². The van der Waals surface area contributed by atoms with Crippen molar-refractivity contribution in [2.24, 2.45) is 0 Å². The van der Waals surface area contributed by atoms with Crippen LogP contribution in [0.2, 0.25) is 0 Å². The van der Waals surface area contributed by atoms with Gasteiger partial charge in [0.25, 0.3) is 20.2 Å². The fraction of sp³-hybridized carbons (Fsp3) is 0.333. The summed E-state index contributed by atoms with van der Waals surface area (Å²) in [5.41, 5.74) is 0. The predicted octanol–water partition coefficient (Wildman–Crippen LogP) is -0.283. The molecule has 1 rings (SSSR count). The minimum atomic E-state index is -4.24. The minimum Gasteiger partial charge on any atom is -0.232 e. The Balaban J connectivity index is 3.25. The highest BCUT2D eigenvalue weighted by atomic mass is 32.3. The molecule has 6 nitrogen and oxygen atoms in total. The van der Waals surface area contributed by atoms with Crippen molar-refractivity contribution in [3.05, 3.63) is 25.3 Å². The van der Waals surface area contributed by atoms with E-state index in [1.54, 1.807) is 0 Å². The standard InChI is InChI=1S/C6H8O6S2/c1-3-5-11-13(7,8)6(4-2)14(9,10)12-5/h3-6H,1-2H2. The monoisotopic (exact) mass is 240 g/mol. The minimum absolute atomic E-state index is 0.726. The van der Waals surface area contributed by atoms with Crippen molar-refractivity contribution in [1.29, 1.82) is 0 Å². The molecular formula is C6H8O6S2. The Hall–Kier alpha value is -0.700. The average molecular weight is 240 g/mol. The maximum absolute atomic E-state index is 11.2. The van der Waals surface area contributed by atoms with Crippen LogP contribution in [0.3, 0.4) is 0 Å². The van der Waals surface area contributed by atoms with Crippen LogP contribution in [0.4, 0.5) is 0 Å². The summed E-state index contributed by atoms with van der Waals surface area (Å²) in [5.74, 6) is 0. The molecule has 1 aliphatic heterocycles. The molecular weight excluding hydrogens is 232 g/mol. The summed E-state index contributed by atoms with van der Waals surface area (Å²) < 4.78 is 51.6. The van der Waals surface area contributed by atoms with Crippen LogP contribution in [0, 0.1) is 0 Å². The Morgan fingerprint density at radius 2 is 1.36 bits per heavy atom. The molecule has 0 radical (unpaired) electrons. The molecule has 0 aromatic rings. The van der Waals surface area contributed by atoms with Gasteiger partial charge in [0.15, 0.2) is 0 Å². The number of hydrogen-bond donors (Lipinski definition) is 0. The Bertz CT molecular complexity index is 409. The molecule has 0 N–H and O–H groups in total. The molecule has 1 saturated heterocycles. The Labute approximate surface area is 82.1 Å². The summed E-state index contributed by atoms with van der Waals surface area (Å²) in [6, 6.07) is 0. The molecule has 8 heteroatoms. The van der Waals surface area contributed by atoms with Gasteiger partial charge in [-0.1, -0.05) is 12.7 Å². The fourth-order valence-corrected chi connectivity index (χ4v) is 3.78. The van der Waals surface area contributed by atoms with Gasteiger partial charge in [-0.3, -0.25) is 0 Å². The van der Waals surface area contributed by atoms with Crippen LogP contribution < -0.4 is 0 Å². The van der Waals surface area contributed by atoms with Gasteiger partial charge in [0.2, 0.25) is 10.9 Å². The SMILES string of the molecule is C=CC1OS(=O)(=O)C(C=C)S(=O)(=O)O1. The quantitative estimate of drug-likeness (QED) is 0.487. The van der Waals surface area contributed by atoms with E-state index in [0.29, 0.717) is 0 Å². The summed E-state index contributed by atoms with van der Waals surface area (Å²) >= 11 is 0. The van der Waals surface area contributed by atoms with Gasteiger partial charge in [0.1, 0.15) is 0 Å². The molecule has 0 atom stereocenters. The maximum Gasteiger partial charge on any atom is 0.293 e. The lowest BCUT2D eigenvalue weighted by molar-refractivity contribution is 0.0508. The summed E-state index contributed by atoms with van der Waals surface area (Å²) in [5, 5.41) is 0. The Morgan fingerprint density at radius 1 is 0.929 bits per heavy atom. The maximum atomic E-state index is 11.2. The highest BCUT2D eigenvalue weighted by molar-refractivity contribution is 8.05. The first-order valence-electron chi connectivity index (χ1n) is 3.43. The van der Waals surface area contributed by atoms with Crippen molar-refractivity contribution in [1.82, 2.24) is 0 Å². The van der Waals surface area contributed by atoms with Crippen LogP contribution >= 0.6 is 0 Å². The third-order valence-electron chi connectivity index (χ3n) is 1.41. The average Bonchev–Trinajstić information content (AvgIpc) is 2.00. The van der Waals surface area contributed by atoms with Gasteiger partial charge in [0.05, 0.1) is 0 Å². The summed E-state index contributed by atoms with van der Waals surface area (Å²) in [6.07, 6.45) is 0.152. The number of rotatable bonds is 2. The molecule has 80 valence electrons. The molecule has 0 spiro atoms. The van der Waals surface area contributed by atoms with E-state index in [0.717, 1.165) is 12.2 Å². The Kier molecular flexibility index (Phi) is 2.81. The van der Waals surface area contributed by atoms with Gasteiger partial charge in [-0.25, -0.2) is 8.37 Å². The molecule has 14 heavy (non-hydrogen) atoms. The lowest BCUT2D eigenvalue weighted by atomic mass is 10.6. The topological polar surface area (TPSA) is 86.7 Å². The molecule has 0 aromatic carbocycles. The van der Waals surface area contributed by atoms with Gasteiger partial charge in [-0.05, 0) is 6.08 Å². The van der Waals surface area contributed by atoms with Gasteiger partial charge in [-0.2, -0.15) is 16.8 Å². The first-order chi connectivity index (χ1) is 6.33. The van der Waals surface area contributed by atoms with Crippen LogP contribution in [0.1, 0.15) is 0 Å². The van der Waals surface area contributed by atoms with E-state index in [9.17, 15) is 16.8 Å². The van der Waals surface area contributed by atoms with Crippen molar-refractivity contribution in [3.8, 4) is 0 Å². The van der Waals surface area contributed by atoms with Gasteiger partial charge in [-0.15, -0.1) is 6.58 Å². The van der Waals surface area contributed by atoms with E-state index >= 15 is 0 Å². The zero-order valence-electron chi connectivity index (χ0n) is 6.99. The van der Waals surface area contributed by atoms with Crippen molar-refractivity contribution < 1.29 is 25.2 Å². The second-order valence-corrected chi connectivity index (χ2v) is 6.06. The van der Waals surface area contributed by atoms with E-state index in [-0.39, 0.29) is 0 Å². The molecule has 0 bridgehead atoms. The highest BCUT2D eigenvalue weighted by Gasteiger charge is 2.45. The lowest BCUT2D eigenvalue weighted by Gasteiger charge is -2.24. The Morgan fingerprint density at radius 3 is 1.64 bits per heavy atom.